The Morgan fingerprint density at radius 3 is 2.81 bits per heavy atom. The van der Waals surface area contributed by atoms with E-state index in [-0.39, 0.29) is 12.2 Å². The zero-order chi connectivity index (χ0) is 15.4. The fourth-order valence-corrected chi connectivity index (χ4v) is 3.06. The number of carbonyl (C=O) groups excluding carboxylic acids is 1. The van der Waals surface area contributed by atoms with Crippen LogP contribution in [0.25, 0.3) is 11.0 Å². The molecule has 0 aliphatic heterocycles. The number of nitrogens with zero attached hydrogens (tertiary/aromatic N) is 1. The monoisotopic (exact) mass is 415 g/mol. The van der Waals surface area contributed by atoms with Crippen molar-refractivity contribution in [1.82, 2.24) is 0 Å². The molecule has 2 aromatic rings. The van der Waals surface area contributed by atoms with Crippen LogP contribution in [0.1, 0.15) is 16.8 Å². The first-order valence-corrected chi connectivity index (χ1v) is 7.64. The van der Waals surface area contributed by atoms with Crippen LogP contribution in [0.2, 0.25) is 0 Å². The Morgan fingerprint density at radius 1 is 1.33 bits per heavy atom. The molecule has 0 aliphatic carbocycles. The Kier molecular flexibility index (Phi) is 5.30. The van der Waals surface area contributed by atoms with Crippen LogP contribution in [0.3, 0.4) is 0 Å². The summed E-state index contributed by atoms with van der Waals surface area (Å²) in [5.74, 6) is -0.703. The van der Waals surface area contributed by atoms with Crippen LogP contribution in [0.5, 0.6) is 0 Å². The summed E-state index contributed by atoms with van der Waals surface area (Å²) in [7, 11) is 0. The van der Waals surface area contributed by atoms with E-state index in [0.29, 0.717) is 28.4 Å². The molecule has 0 unspecified atom stereocenters. The summed E-state index contributed by atoms with van der Waals surface area (Å²) < 4.78 is 11.6. The molecule has 1 heterocycles. The predicted octanol–water partition coefficient (Wildman–Crippen LogP) is 3.57. The van der Waals surface area contributed by atoms with E-state index in [4.69, 9.17) is 9.15 Å². The van der Waals surface area contributed by atoms with Gasteiger partial charge in [-0.2, -0.15) is 0 Å². The van der Waals surface area contributed by atoms with Gasteiger partial charge in [-0.05, 0) is 40.8 Å². The Balaban J connectivity index is 2.32. The van der Waals surface area contributed by atoms with Gasteiger partial charge in [0.25, 0.3) is 0 Å². The van der Waals surface area contributed by atoms with Gasteiger partial charge in [-0.25, -0.2) is 9.59 Å². The van der Waals surface area contributed by atoms with Gasteiger partial charge in [0.15, 0.2) is 5.58 Å². The quantitative estimate of drug-likeness (QED) is 0.323. The van der Waals surface area contributed by atoms with Gasteiger partial charge in [-0.15, -0.1) is 0 Å². The van der Waals surface area contributed by atoms with Gasteiger partial charge in [0.2, 0.25) is 0 Å². The number of carbonyl (C=O) groups is 1. The highest BCUT2D eigenvalue weighted by molar-refractivity contribution is 9.11. The van der Waals surface area contributed by atoms with Gasteiger partial charge < -0.3 is 14.1 Å². The van der Waals surface area contributed by atoms with Crippen LogP contribution in [0.15, 0.2) is 41.3 Å². The molecule has 0 spiro atoms. The van der Waals surface area contributed by atoms with Crippen molar-refractivity contribution in [3.05, 3.63) is 43.1 Å². The molecule has 0 N–H and O–H groups in total. The van der Waals surface area contributed by atoms with Crippen LogP contribution in [-0.2, 0) is 4.74 Å². The van der Waals surface area contributed by atoms with Crippen LogP contribution in [-0.4, -0.2) is 25.8 Å². The normalized spacial score (nSPS) is 10.6. The average Bonchev–Trinajstić information content (AvgIpc) is 2.43. The number of ether oxygens (including phenoxy) is 1. The van der Waals surface area contributed by atoms with Gasteiger partial charge in [0, 0.05) is 22.8 Å². The summed E-state index contributed by atoms with van der Waals surface area (Å²) >= 11 is 6.65. The largest absolute Gasteiger partial charge is 0.462 e. The molecule has 1 aromatic carbocycles. The van der Waals surface area contributed by atoms with E-state index in [0.717, 1.165) is 4.47 Å². The van der Waals surface area contributed by atoms with E-state index in [9.17, 15) is 9.59 Å². The molecule has 0 saturated heterocycles. The van der Waals surface area contributed by atoms with E-state index in [1.165, 1.54) is 6.07 Å². The maximum Gasteiger partial charge on any atom is 0.351 e. The highest BCUT2D eigenvalue weighted by atomic mass is 79.9. The maximum atomic E-state index is 11.9. The number of aliphatic imine (C=N–C) groups is 1. The Bertz CT molecular complexity index is 754. The van der Waals surface area contributed by atoms with E-state index in [1.54, 1.807) is 12.1 Å². The molecule has 0 saturated carbocycles. The molecule has 7 heteroatoms. The highest BCUT2D eigenvalue weighted by Crippen LogP contribution is 2.28. The van der Waals surface area contributed by atoms with Gasteiger partial charge in [-0.3, -0.25) is 0 Å². The summed E-state index contributed by atoms with van der Waals surface area (Å²) in [5, 5.41) is 0.621. The van der Waals surface area contributed by atoms with Crippen molar-refractivity contribution in [2.45, 2.75) is 6.42 Å². The third kappa shape index (κ3) is 3.79. The molecule has 0 aliphatic rings. The van der Waals surface area contributed by atoms with Crippen molar-refractivity contribution >= 4 is 55.5 Å². The minimum absolute atomic E-state index is 0.126. The lowest BCUT2D eigenvalue weighted by atomic mass is 10.2. The predicted molar refractivity (Wildman–Crippen MR) is 87.2 cm³/mol. The van der Waals surface area contributed by atoms with Crippen LogP contribution < -0.4 is 5.63 Å². The third-order valence-electron chi connectivity index (χ3n) is 2.67. The summed E-state index contributed by atoms with van der Waals surface area (Å²) in [6, 6.07) is 4.97. The minimum atomic E-state index is -0.725. The molecule has 0 atom stereocenters. The second kappa shape index (κ2) is 7.00. The lowest BCUT2D eigenvalue weighted by Crippen LogP contribution is -2.17. The lowest BCUT2D eigenvalue weighted by molar-refractivity contribution is 0.0498. The Hall–Kier alpha value is -1.47. The average molecular weight is 417 g/mol. The first-order chi connectivity index (χ1) is 10.0. The zero-order valence-electron chi connectivity index (χ0n) is 10.9. The Labute approximate surface area is 137 Å². The topological polar surface area (TPSA) is 68.9 Å². The van der Waals surface area contributed by atoms with Gasteiger partial charge in [0.05, 0.1) is 11.1 Å². The molecule has 21 heavy (non-hydrogen) atoms. The van der Waals surface area contributed by atoms with Crippen molar-refractivity contribution in [1.29, 1.82) is 0 Å². The van der Waals surface area contributed by atoms with Crippen molar-refractivity contribution in [2.75, 3.05) is 13.2 Å². The molecule has 2 rings (SSSR count). The fraction of sp³-hybridized carbons (Fsp3) is 0.214. The fourth-order valence-electron chi connectivity index (χ4n) is 1.72. The van der Waals surface area contributed by atoms with Crippen molar-refractivity contribution < 1.29 is 13.9 Å². The maximum absolute atomic E-state index is 11.9. The zero-order valence-corrected chi connectivity index (χ0v) is 14.1. The van der Waals surface area contributed by atoms with E-state index in [1.807, 2.05) is 0 Å². The number of benzene rings is 1. The summed E-state index contributed by atoms with van der Waals surface area (Å²) in [6.07, 6.45) is 0.561. The summed E-state index contributed by atoms with van der Waals surface area (Å²) in [5.41, 5.74) is -0.466. The highest BCUT2D eigenvalue weighted by Gasteiger charge is 2.16. The van der Waals surface area contributed by atoms with Crippen molar-refractivity contribution in [3.63, 3.8) is 0 Å². The van der Waals surface area contributed by atoms with Crippen LogP contribution in [0, 0.1) is 0 Å². The minimum Gasteiger partial charge on any atom is -0.462 e. The molecule has 0 bridgehead atoms. The molecule has 0 radical (unpaired) electrons. The summed E-state index contributed by atoms with van der Waals surface area (Å²) in [6.45, 7) is 4.01. The first kappa shape index (κ1) is 15.9. The van der Waals surface area contributed by atoms with Gasteiger partial charge >= 0.3 is 11.6 Å². The molecule has 110 valence electrons. The molecular formula is C14H11Br2NO4. The second-order valence-electron chi connectivity index (χ2n) is 4.19. The number of hydrogen-bond donors (Lipinski definition) is 0. The molecule has 0 fully saturated rings. The standard InChI is InChI=1S/C14H11Br2NO4/c1-17-3-2-4-20-13(18)10-6-8-5-9(15)7-11(16)12(8)21-14(10)19/h5-7H,1-4H2. The lowest BCUT2D eigenvalue weighted by Gasteiger charge is -2.05. The second-order valence-corrected chi connectivity index (χ2v) is 5.96. The first-order valence-electron chi connectivity index (χ1n) is 6.05. The molecule has 0 amide bonds. The van der Waals surface area contributed by atoms with Gasteiger partial charge in [-0.1, -0.05) is 15.9 Å². The van der Waals surface area contributed by atoms with Crippen LogP contribution in [0.4, 0.5) is 0 Å². The van der Waals surface area contributed by atoms with E-state index in [2.05, 4.69) is 43.6 Å². The molecule has 5 nitrogen and oxygen atoms in total. The Morgan fingerprint density at radius 2 is 2.10 bits per heavy atom. The van der Waals surface area contributed by atoms with Crippen molar-refractivity contribution in [2.24, 2.45) is 4.99 Å². The SMILES string of the molecule is C=NCCCOC(=O)c1cc2cc(Br)cc(Br)c2oc1=O. The van der Waals surface area contributed by atoms with Gasteiger partial charge in [0.1, 0.15) is 5.56 Å². The molecular weight excluding hydrogens is 406 g/mol. The number of fused-ring (bicyclic) bond motifs is 1. The smallest absolute Gasteiger partial charge is 0.351 e. The third-order valence-corrected chi connectivity index (χ3v) is 3.71. The number of esters is 1. The van der Waals surface area contributed by atoms with E-state index >= 15 is 0 Å². The molecule has 1 aromatic heterocycles. The van der Waals surface area contributed by atoms with E-state index < -0.39 is 11.6 Å². The van der Waals surface area contributed by atoms with Crippen molar-refractivity contribution in [3.8, 4) is 0 Å². The van der Waals surface area contributed by atoms with Crippen LogP contribution >= 0.6 is 31.9 Å². The summed E-state index contributed by atoms with van der Waals surface area (Å²) in [4.78, 5) is 27.4. The number of hydrogen-bond acceptors (Lipinski definition) is 5. The number of halogens is 2. The number of rotatable bonds is 5.